The molecule has 1 heterocycles. The molecular formula is C9H14N4O. The van der Waals surface area contributed by atoms with E-state index in [1.54, 1.807) is 20.2 Å². The highest BCUT2D eigenvalue weighted by Gasteiger charge is 2.03. The molecule has 0 saturated heterocycles. The van der Waals surface area contributed by atoms with Crippen molar-refractivity contribution in [1.29, 1.82) is 0 Å². The lowest BCUT2D eigenvalue weighted by atomic mass is 10.4. The third-order valence-corrected chi connectivity index (χ3v) is 1.72. The van der Waals surface area contributed by atoms with Crippen LogP contribution in [0.25, 0.3) is 0 Å². The van der Waals surface area contributed by atoms with Gasteiger partial charge in [-0.25, -0.2) is 0 Å². The number of hydrogen-bond acceptors (Lipinski definition) is 4. The second-order valence-electron chi connectivity index (χ2n) is 3.20. The van der Waals surface area contributed by atoms with E-state index < -0.39 is 0 Å². The van der Waals surface area contributed by atoms with Crippen LogP contribution < -0.4 is 5.32 Å². The van der Waals surface area contributed by atoms with Crippen molar-refractivity contribution in [2.45, 2.75) is 6.92 Å². The lowest BCUT2D eigenvalue weighted by Gasteiger charge is -2.10. The van der Waals surface area contributed by atoms with E-state index in [-0.39, 0.29) is 12.5 Å². The van der Waals surface area contributed by atoms with Crippen LogP contribution in [0.5, 0.6) is 0 Å². The van der Waals surface area contributed by atoms with Crippen LogP contribution in [-0.2, 0) is 4.79 Å². The summed E-state index contributed by atoms with van der Waals surface area (Å²) in [6.07, 6.45) is 0. The van der Waals surface area contributed by atoms with Crippen molar-refractivity contribution >= 4 is 11.7 Å². The number of nitrogens with zero attached hydrogens (tertiary/aromatic N) is 3. The minimum absolute atomic E-state index is 0.00683. The molecule has 1 N–H and O–H groups in total. The van der Waals surface area contributed by atoms with Crippen molar-refractivity contribution in [3.8, 4) is 0 Å². The fourth-order valence-corrected chi connectivity index (χ4v) is 0.818. The van der Waals surface area contributed by atoms with Crippen LogP contribution in [0.2, 0.25) is 0 Å². The van der Waals surface area contributed by atoms with Crippen molar-refractivity contribution in [3.63, 3.8) is 0 Å². The van der Waals surface area contributed by atoms with Gasteiger partial charge < -0.3 is 10.2 Å². The Bertz CT molecular complexity index is 307. The summed E-state index contributed by atoms with van der Waals surface area (Å²) in [5.74, 6) is 0.623. The molecule has 0 atom stereocenters. The molecule has 1 amide bonds. The smallest absolute Gasteiger partial charge is 0.241 e. The first-order valence-electron chi connectivity index (χ1n) is 4.34. The number of nitrogens with one attached hydrogen (secondary N) is 1. The lowest BCUT2D eigenvalue weighted by molar-refractivity contribution is -0.126. The number of likely N-dealkylation sites (N-methyl/N-ethyl adjacent to an activating group) is 1. The fourth-order valence-electron chi connectivity index (χ4n) is 0.818. The molecule has 76 valence electrons. The van der Waals surface area contributed by atoms with Gasteiger partial charge in [-0.15, -0.1) is 5.10 Å². The van der Waals surface area contributed by atoms with Gasteiger partial charge in [0, 0.05) is 14.1 Å². The minimum atomic E-state index is 0.00683. The summed E-state index contributed by atoms with van der Waals surface area (Å²) in [4.78, 5) is 12.7. The van der Waals surface area contributed by atoms with Crippen LogP contribution in [0.3, 0.4) is 0 Å². The third kappa shape index (κ3) is 3.01. The molecule has 0 bridgehead atoms. The summed E-state index contributed by atoms with van der Waals surface area (Å²) in [7, 11) is 3.43. The highest BCUT2D eigenvalue weighted by atomic mass is 16.2. The van der Waals surface area contributed by atoms with E-state index >= 15 is 0 Å². The second kappa shape index (κ2) is 4.55. The Hall–Kier alpha value is -1.65. The standard InChI is InChI=1S/C9H14N4O/c1-7-4-5-8(12-11-7)10-6-9(14)13(2)3/h4-5H,6H2,1-3H3,(H,10,12). The van der Waals surface area contributed by atoms with E-state index in [1.165, 1.54) is 4.90 Å². The number of carbonyl (C=O) groups excluding carboxylic acids is 1. The van der Waals surface area contributed by atoms with E-state index in [4.69, 9.17) is 0 Å². The van der Waals surface area contributed by atoms with Gasteiger partial charge in [0.15, 0.2) is 0 Å². The number of amides is 1. The molecule has 0 radical (unpaired) electrons. The molecule has 5 nitrogen and oxygen atoms in total. The summed E-state index contributed by atoms with van der Waals surface area (Å²) in [6.45, 7) is 2.10. The molecule has 0 aliphatic rings. The number of rotatable bonds is 3. The van der Waals surface area contributed by atoms with Gasteiger partial charge in [-0.1, -0.05) is 0 Å². The largest absolute Gasteiger partial charge is 0.360 e. The molecule has 1 aromatic heterocycles. The predicted molar refractivity (Wildman–Crippen MR) is 54.0 cm³/mol. The van der Waals surface area contributed by atoms with Gasteiger partial charge in [0.1, 0.15) is 5.82 Å². The first-order chi connectivity index (χ1) is 6.59. The predicted octanol–water partition coefficient (Wildman–Crippen LogP) is 0.285. The zero-order chi connectivity index (χ0) is 10.6. The normalized spacial score (nSPS) is 9.64. The first-order valence-corrected chi connectivity index (χ1v) is 4.34. The molecule has 0 aliphatic heterocycles. The summed E-state index contributed by atoms with van der Waals surface area (Å²) in [5.41, 5.74) is 0.856. The summed E-state index contributed by atoms with van der Waals surface area (Å²) < 4.78 is 0. The van der Waals surface area contributed by atoms with Crippen molar-refractivity contribution in [2.75, 3.05) is 26.0 Å². The molecule has 1 rings (SSSR count). The van der Waals surface area contributed by atoms with E-state index in [2.05, 4.69) is 15.5 Å². The van der Waals surface area contributed by atoms with Gasteiger partial charge in [0.05, 0.1) is 12.2 Å². The monoisotopic (exact) mass is 194 g/mol. The summed E-state index contributed by atoms with van der Waals surface area (Å²) in [6, 6.07) is 3.64. The van der Waals surface area contributed by atoms with Crippen LogP contribution in [-0.4, -0.2) is 41.6 Å². The maximum atomic E-state index is 11.2. The first kappa shape index (κ1) is 10.4. The van der Waals surface area contributed by atoms with Crippen molar-refractivity contribution in [1.82, 2.24) is 15.1 Å². The van der Waals surface area contributed by atoms with Crippen LogP contribution in [0.1, 0.15) is 5.69 Å². The molecule has 0 aromatic carbocycles. The number of anilines is 1. The highest BCUT2D eigenvalue weighted by Crippen LogP contribution is 1.99. The Balaban J connectivity index is 2.46. The Kier molecular flexibility index (Phi) is 3.39. The van der Waals surface area contributed by atoms with E-state index in [0.717, 1.165) is 5.69 Å². The van der Waals surface area contributed by atoms with Gasteiger partial charge in [-0.2, -0.15) is 5.10 Å². The molecule has 0 fully saturated rings. The summed E-state index contributed by atoms with van der Waals surface area (Å²) in [5, 5.41) is 10.6. The van der Waals surface area contributed by atoms with Gasteiger partial charge in [-0.05, 0) is 19.1 Å². The average Bonchev–Trinajstić information content (AvgIpc) is 2.16. The number of aryl methyl sites for hydroxylation is 1. The highest BCUT2D eigenvalue weighted by molar-refractivity contribution is 5.79. The Morgan fingerprint density at radius 2 is 2.14 bits per heavy atom. The van der Waals surface area contributed by atoms with Gasteiger partial charge in [0.2, 0.25) is 5.91 Å². The number of hydrogen-bond donors (Lipinski definition) is 1. The van der Waals surface area contributed by atoms with Gasteiger partial charge >= 0.3 is 0 Å². The van der Waals surface area contributed by atoms with Crippen LogP contribution in [0, 0.1) is 6.92 Å². The number of aromatic nitrogens is 2. The molecule has 0 aliphatic carbocycles. The minimum Gasteiger partial charge on any atom is -0.360 e. The third-order valence-electron chi connectivity index (χ3n) is 1.72. The van der Waals surface area contributed by atoms with E-state index in [9.17, 15) is 4.79 Å². The second-order valence-corrected chi connectivity index (χ2v) is 3.20. The van der Waals surface area contributed by atoms with E-state index in [0.29, 0.717) is 5.82 Å². The molecule has 0 spiro atoms. The van der Waals surface area contributed by atoms with Crippen LogP contribution in [0.15, 0.2) is 12.1 Å². The van der Waals surface area contributed by atoms with Crippen molar-refractivity contribution in [2.24, 2.45) is 0 Å². The zero-order valence-electron chi connectivity index (χ0n) is 8.61. The van der Waals surface area contributed by atoms with Gasteiger partial charge in [-0.3, -0.25) is 4.79 Å². The topological polar surface area (TPSA) is 58.1 Å². The molecule has 14 heavy (non-hydrogen) atoms. The molecule has 5 heteroatoms. The van der Waals surface area contributed by atoms with Crippen molar-refractivity contribution < 1.29 is 4.79 Å². The Labute approximate surface area is 83.1 Å². The van der Waals surface area contributed by atoms with E-state index in [1.807, 2.05) is 13.0 Å². The fraction of sp³-hybridized carbons (Fsp3) is 0.444. The van der Waals surface area contributed by atoms with Gasteiger partial charge in [0.25, 0.3) is 0 Å². The molecule has 0 unspecified atom stereocenters. The quantitative estimate of drug-likeness (QED) is 0.751. The van der Waals surface area contributed by atoms with Crippen molar-refractivity contribution in [3.05, 3.63) is 17.8 Å². The zero-order valence-corrected chi connectivity index (χ0v) is 8.61. The van der Waals surface area contributed by atoms with Crippen LogP contribution >= 0.6 is 0 Å². The molecule has 1 aromatic rings. The Morgan fingerprint density at radius 1 is 1.43 bits per heavy atom. The lowest BCUT2D eigenvalue weighted by Crippen LogP contribution is -2.28. The number of carbonyl (C=O) groups is 1. The summed E-state index contributed by atoms with van der Waals surface area (Å²) >= 11 is 0. The SMILES string of the molecule is Cc1ccc(NCC(=O)N(C)C)nn1. The van der Waals surface area contributed by atoms with Crippen LogP contribution in [0.4, 0.5) is 5.82 Å². The Morgan fingerprint density at radius 3 is 2.64 bits per heavy atom. The molecular weight excluding hydrogens is 180 g/mol. The maximum absolute atomic E-state index is 11.2. The molecule has 0 saturated carbocycles. The average molecular weight is 194 g/mol. The maximum Gasteiger partial charge on any atom is 0.241 e.